The molecule has 0 aliphatic carbocycles. The van der Waals surface area contributed by atoms with E-state index in [0.29, 0.717) is 17.3 Å². The molecule has 37 heavy (non-hydrogen) atoms. The van der Waals surface area contributed by atoms with Crippen molar-refractivity contribution in [2.45, 2.75) is 34.1 Å². The van der Waals surface area contributed by atoms with Crippen LogP contribution in [0.15, 0.2) is 42.5 Å². The fraction of sp³-hybridized carbons (Fsp3) is 0.429. The van der Waals surface area contributed by atoms with Gasteiger partial charge in [-0.25, -0.2) is 4.98 Å². The number of nitrogens with zero attached hydrogens (tertiary/aromatic N) is 5. The van der Waals surface area contributed by atoms with E-state index in [4.69, 9.17) is 11.6 Å². The molecule has 1 aliphatic rings. The monoisotopic (exact) mass is 565 g/mol. The number of amides is 1. The van der Waals surface area contributed by atoms with Crippen molar-refractivity contribution in [1.82, 2.24) is 19.4 Å². The minimum absolute atomic E-state index is 0. The molecule has 0 radical (unpaired) electrons. The summed E-state index contributed by atoms with van der Waals surface area (Å²) in [6.45, 7) is 14.1. The van der Waals surface area contributed by atoms with Gasteiger partial charge in [0.2, 0.25) is 0 Å². The van der Waals surface area contributed by atoms with Crippen molar-refractivity contribution in [2.75, 3.05) is 51.2 Å². The Balaban J connectivity index is 0.00000241. The first-order chi connectivity index (χ1) is 16.8. The fourth-order valence-electron chi connectivity index (χ4n) is 4.94. The van der Waals surface area contributed by atoms with Crippen LogP contribution < -0.4 is 4.90 Å². The quantitative estimate of drug-likeness (QED) is 0.358. The van der Waals surface area contributed by atoms with Crippen LogP contribution in [-0.4, -0.2) is 71.6 Å². The number of imidazole rings is 1. The predicted octanol–water partition coefficient (Wildman–Crippen LogP) is 5.89. The Morgan fingerprint density at radius 1 is 0.946 bits per heavy atom. The highest BCUT2D eigenvalue weighted by atomic mass is 35.5. The van der Waals surface area contributed by atoms with E-state index >= 15 is 0 Å². The summed E-state index contributed by atoms with van der Waals surface area (Å²) in [5.41, 5.74) is 6.24. The minimum Gasteiger partial charge on any atom is -0.369 e. The molecular weight excluding hydrogens is 529 g/mol. The highest BCUT2D eigenvalue weighted by molar-refractivity contribution is 6.32. The van der Waals surface area contributed by atoms with E-state index in [9.17, 15) is 4.79 Å². The number of aromatic nitrogens is 2. The first kappa shape index (κ1) is 31.0. The van der Waals surface area contributed by atoms with Gasteiger partial charge >= 0.3 is 0 Å². The Morgan fingerprint density at radius 2 is 1.59 bits per heavy atom. The average Bonchev–Trinajstić information content (AvgIpc) is 3.14. The molecule has 2 heterocycles. The number of carbonyl (C=O) groups is 1. The number of piperazine rings is 1. The zero-order valence-corrected chi connectivity index (χ0v) is 24.7. The van der Waals surface area contributed by atoms with Crippen molar-refractivity contribution in [3.63, 3.8) is 0 Å². The molecule has 3 aromatic rings. The summed E-state index contributed by atoms with van der Waals surface area (Å²) < 4.78 is 1.96. The number of rotatable bonds is 7. The van der Waals surface area contributed by atoms with Gasteiger partial charge in [-0.3, -0.25) is 14.3 Å². The van der Waals surface area contributed by atoms with Gasteiger partial charge in [-0.15, -0.1) is 24.8 Å². The molecule has 0 atom stereocenters. The van der Waals surface area contributed by atoms with Gasteiger partial charge in [0.1, 0.15) is 11.5 Å². The van der Waals surface area contributed by atoms with E-state index in [0.717, 1.165) is 56.4 Å². The lowest BCUT2D eigenvalue weighted by molar-refractivity contribution is 0.0782. The first-order valence-corrected chi connectivity index (χ1v) is 12.8. The van der Waals surface area contributed by atoms with Gasteiger partial charge in [0.15, 0.2) is 0 Å². The molecule has 1 saturated heterocycles. The Kier molecular flexibility index (Phi) is 11.3. The van der Waals surface area contributed by atoms with Gasteiger partial charge in [0, 0.05) is 45.5 Å². The van der Waals surface area contributed by atoms with Crippen molar-refractivity contribution < 1.29 is 4.79 Å². The number of para-hydroxylation sites is 1. The maximum absolute atomic E-state index is 13.2. The molecule has 0 bridgehead atoms. The third-order valence-electron chi connectivity index (χ3n) is 7.17. The van der Waals surface area contributed by atoms with Crippen molar-refractivity contribution in [3.05, 3.63) is 75.8 Å². The third kappa shape index (κ3) is 6.80. The number of halogens is 3. The normalized spacial score (nSPS) is 13.6. The topological polar surface area (TPSA) is 44.6 Å². The molecule has 4 rings (SSSR count). The highest BCUT2D eigenvalue weighted by Crippen LogP contribution is 2.26. The molecule has 1 fully saturated rings. The van der Waals surface area contributed by atoms with E-state index in [1.54, 1.807) is 4.90 Å². The Hall–Kier alpha value is -2.25. The molecule has 1 aliphatic heterocycles. The SMILES string of the molecule is Cc1cccc(N2CCN(CCCN(C)C(=O)c3nc(C)n(-c4ccccc4Cl)c3C)CC2)c1C.Cl.Cl. The third-order valence-corrected chi connectivity index (χ3v) is 7.49. The van der Waals surface area contributed by atoms with Crippen LogP contribution in [0.4, 0.5) is 5.69 Å². The Bertz CT molecular complexity index is 1200. The summed E-state index contributed by atoms with van der Waals surface area (Å²) in [5, 5.41) is 0.640. The van der Waals surface area contributed by atoms with E-state index in [1.165, 1.54) is 16.8 Å². The van der Waals surface area contributed by atoms with Gasteiger partial charge < -0.3 is 9.80 Å². The summed E-state index contributed by atoms with van der Waals surface area (Å²) in [6.07, 6.45) is 0.939. The summed E-state index contributed by atoms with van der Waals surface area (Å²) in [6, 6.07) is 14.2. The van der Waals surface area contributed by atoms with Crippen LogP contribution in [-0.2, 0) is 0 Å². The fourth-order valence-corrected chi connectivity index (χ4v) is 5.16. The molecule has 0 saturated carbocycles. The standard InChI is InChI=1S/C28H36ClN5O.2ClH/c1-20-10-8-13-25(21(20)2)33-18-16-32(17-19-33)15-9-14-31(5)28(35)27-22(3)34(23(4)30-27)26-12-7-6-11-24(26)29;;/h6-8,10-13H,9,14-19H2,1-5H3;2*1H. The largest absolute Gasteiger partial charge is 0.369 e. The van der Waals surface area contributed by atoms with E-state index in [1.807, 2.05) is 49.7 Å². The van der Waals surface area contributed by atoms with Crippen LogP contribution in [0.3, 0.4) is 0 Å². The van der Waals surface area contributed by atoms with Gasteiger partial charge in [-0.05, 0) is 70.0 Å². The molecule has 0 N–H and O–H groups in total. The maximum atomic E-state index is 13.2. The molecule has 1 amide bonds. The van der Waals surface area contributed by atoms with Crippen LogP contribution in [0.25, 0.3) is 5.69 Å². The van der Waals surface area contributed by atoms with Gasteiger partial charge in [0.05, 0.1) is 16.4 Å². The van der Waals surface area contributed by atoms with Crippen LogP contribution in [0.1, 0.15) is 39.6 Å². The summed E-state index contributed by atoms with van der Waals surface area (Å²) >= 11 is 6.40. The lowest BCUT2D eigenvalue weighted by Crippen LogP contribution is -2.47. The zero-order chi connectivity index (χ0) is 25.1. The molecule has 0 spiro atoms. The van der Waals surface area contributed by atoms with Crippen LogP contribution in [0.5, 0.6) is 0 Å². The molecule has 2 aromatic carbocycles. The number of anilines is 1. The average molecular weight is 567 g/mol. The summed E-state index contributed by atoms with van der Waals surface area (Å²) in [5.74, 6) is 0.713. The van der Waals surface area contributed by atoms with Crippen LogP contribution >= 0.6 is 36.4 Å². The lowest BCUT2D eigenvalue weighted by atomic mass is 10.1. The molecule has 9 heteroatoms. The predicted molar refractivity (Wildman–Crippen MR) is 159 cm³/mol. The first-order valence-electron chi connectivity index (χ1n) is 12.4. The second kappa shape index (κ2) is 13.5. The van der Waals surface area contributed by atoms with Crippen molar-refractivity contribution in [3.8, 4) is 5.69 Å². The molecular formula is C28H38Cl3N5O. The van der Waals surface area contributed by atoms with Crippen LogP contribution in [0.2, 0.25) is 5.02 Å². The van der Waals surface area contributed by atoms with Crippen molar-refractivity contribution in [1.29, 1.82) is 0 Å². The van der Waals surface area contributed by atoms with E-state index in [2.05, 4.69) is 46.8 Å². The van der Waals surface area contributed by atoms with Crippen LogP contribution in [0, 0.1) is 27.7 Å². The van der Waals surface area contributed by atoms with Gasteiger partial charge in [-0.2, -0.15) is 0 Å². The molecule has 1 aromatic heterocycles. The highest BCUT2D eigenvalue weighted by Gasteiger charge is 2.23. The summed E-state index contributed by atoms with van der Waals surface area (Å²) in [7, 11) is 1.87. The second-order valence-corrected chi connectivity index (χ2v) is 9.92. The number of carbonyl (C=O) groups excluding carboxylic acids is 1. The summed E-state index contributed by atoms with van der Waals surface area (Å²) in [4.78, 5) is 24.6. The number of hydrogen-bond acceptors (Lipinski definition) is 4. The van der Waals surface area contributed by atoms with Crippen molar-refractivity contribution in [2.24, 2.45) is 0 Å². The van der Waals surface area contributed by atoms with Gasteiger partial charge in [0.25, 0.3) is 5.91 Å². The molecule has 0 unspecified atom stereocenters. The number of benzene rings is 2. The number of hydrogen-bond donors (Lipinski definition) is 0. The zero-order valence-electron chi connectivity index (χ0n) is 22.3. The number of aryl methyl sites for hydroxylation is 2. The lowest BCUT2D eigenvalue weighted by Gasteiger charge is -2.37. The smallest absolute Gasteiger partial charge is 0.274 e. The van der Waals surface area contributed by atoms with E-state index < -0.39 is 0 Å². The van der Waals surface area contributed by atoms with Gasteiger partial charge in [-0.1, -0.05) is 35.9 Å². The Morgan fingerprint density at radius 3 is 2.27 bits per heavy atom. The van der Waals surface area contributed by atoms with Crippen molar-refractivity contribution >= 4 is 48.0 Å². The second-order valence-electron chi connectivity index (χ2n) is 9.51. The Labute approximate surface area is 238 Å². The molecule has 6 nitrogen and oxygen atoms in total. The maximum Gasteiger partial charge on any atom is 0.274 e. The van der Waals surface area contributed by atoms with E-state index in [-0.39, 0.29) is 30.7 Å². The molecule has 202 valence electrons. The minimum atomic E-state index is -0.0452.